The van der Waals surface area contributed by atoms with Crippen LogP contribution in [-0.2, 0) is 27.3 Å². The van der Waals surface area contributed by atoms with Crippen LogP contribution in [0, 0.1) is 5.92 Å². The van der Waals surface area contributed by atoms with E-state index in [1.807, 2.05) is 55.5 Å². The molecule has 174 valence electrons. The van der Waals surface area contributed by atoms with Gasteiger partial charge in [0, 0.05) is 13.0 Å². The number of esters is 1. The summed E-state index contributed by atoms with van der Waals surface area (Å²) in [5, 5.41) is 3.20. The van der Waals surface area contributed by atoms with Gasteiger partial charge in [-0.3, -0.25) is 5.32 Å². The number of benzene rings is 2. The van der Waals surface area contributed by atoms with Crippen LogP contribution in [-0.4, -0.2) is 36.8 Å². The lowest BCUT2D eigenvalue weighted by atomic mass is 10.1. The molecule has 1 N–H and O–H groups in total. The fourth-order valence-electron chi connectivity index (χ4n) is 3.22. The zero-order valence-corrected chi connectivity index (χ0v) is 20.3. The van der Waals surface area contributed by atoms with Crippen molar-refractivity contribution in [3.05, 3.63) is 71.8 Å². The van der Waals surface area contributed by atoms with Crippen molar-refractivity contribution in [3.8, 4) is 0 Å². The van der Waals surface area contributed by atoms with Gasteiger partial charge >= 0.3 is 5.97 Å². The normalized spacial score (nSPS) is 13.7. The highest BCUT2D eigenvalue weighted by molar-refractivity contribution is 7.50. The zero-order chi connectivity index (χ0) is 23.2. The topological polar surface area (TPSA) is 70.6 Å². The maximum atomic E-state index is 13.1. The lowest BCUT2D eigenvalue weighted by Gasteiger charge is -2.18. The van der Waals surface area contributed by atoms with Crippen LogP contribution in [0.5, 0.6) is 0 Å². The smallest absolute Gasteiger partial charge is 0.331 e. The van der Waals surface area contributed by atoms with Crippen LogP contribution in [0.4, 0.5) is 0 Å². The fraction of sp³-hybridized carbons (Fsp3) is 0.462. The van der Waals surface area contributed by atoms with Crippen LogP contribution in [0.2, 0.25) is 0 Å². The van der Waals surface area contributed by atoms with E-state index in [0.717, 1.165) is 18.4 Å². The van der Waals surface area contributed by atoms with Crippen LogP contribution in [0.3, 0.4) is 0 Å². The maximum absolute atomic E-state index is 13.1. The number of hydrogen-bond acceptors (Lipinski definition) is 5. The number of carbonyl (C=O) groups is 1. The van der Waals surface area contributed by atoms with Gasteiger partial charge in [0.05, 0.1) is 7.77 Å². The Morgan fingerprint density at radius 3 is 2.28 bits per heavy atom. The Bertz CT molecular complexity index is 811. The van der Waals surface area contributed by atoms with Crippen molar-refractivity contribution < 1.29 is 19.2 Å². The van der Waals surface area contributed by atoms with E-state index in [1.54, 1.807) is 5.80 Å². The molecular formula is C26H36NO4P. The van der Waals surface area contributed by atoms with Gasteiger partial charge in [0.2, 0.25) is 5.85 Å². The van der Waals surface area contributed by atoms with Crippen molar-refractivity contribution >= 4 is 19.5 Å². The summed E-state index contributed by atoms with van der Waals surface area (Å²) in [5.74, 6) is 1.09. The van der Waals surface area contributed by atoms with Crippen LogP contribution >= 0.6 is 7.77 Å². The molecule has 32 heavy (non-hydrogen) atoms. The minimum absolute atomic E-state index is 0.191. The molecule has 3 unspecified atom stereocenters. The third kappa shape index (κ3) is 10.1. The third-order valence-electron chi connectivity index (χ3n) is 4.92. The van der Waals surface area contributed by atoms with E-state index in [4.69, 9.17) is 9.47 Å². The molecule has 0 bridgehead atoms. The summed E-state index contributed by atoms with van der Waals surface area (Å²) in [6, 6.07) is 19.0. The molecule has 0 aliphatic carbocycles. The third-order valence-corrected chi connectivity index (χ3v) is 6.49. The van der Waals surface area contributed by atoms with Gasteiger partial charge in [0.25, 0.3) is 0 Å². The average molecular weight is 458 g/mol. The standard InChI is InChI=1S/C26H36NO4P/c1-4-30-25(17-11-16-22-12-7-5-8-13-22)32(29)20-24(27-18-21(2)3)26(28)31-19-23-14-9-6-10-15-23/h5-10,12-15,20-21,24-25,27H,4,11,16-19H2,1-3H3. The second kappa shape index (κ2) is 14.9. The summed E-state index contributed by atoms with van der Waals surface area (Å²) in [6.07, 6.45) is 2.44. The number of aryl methyl sites for hydroxylation is 1. The van der Waals surface area contributed by atoms with E-state index in [9.17, 15) is 9.69 Å². The number of nitrogens with one attached hydrogen (secondary N) is 1. The number of rotatable bonds is 14. The van der Waals surface area contributed by atoms with Gasteiger partial charge < -0.3 is 14.4 Å². The van der Waals surface area contributed by atoms with E-state index in [-0.39, 0.29) is 6.61 Å². The van der Waals surface area contributed by atoms with Crippen LogP contribution < -0.4 is 10.2 Å². The SMILES string of the molecule is CCOC(CCCc1ccccc1)/[P+]([O-])=C/C(NCC(C)C)C(=O)OCc1ccccc1. The number of hydrogen-bond donors (Lipinski definition) is 1. The van der Waals surface area contributed by atoms with E-state index in [0.29, 0.717) is 25.5 Å². The molecule has 0 amide bonds. The highest BCUT2D eigenvalue weighted by Gasteiger charge is 2.25. The first-order chi connectivity index (χ1) is 15.5. The first-order valence-electron chi connectivity index (χ1n) is 11.4. The predicted molar refractivity (Wildman–Crippen MR) is 131 cm³/mol. The van der Waals surface area contributed by atoms with Crippen LogP contribution in [0.15, 0.2) is 60.7 Å². The van der Waals surface area contributed by atoms with E-state index in [2.05, 4.69) is 31.3 Å². The zero-order valence-electron chi connectivity index (χ0n) is 19.4. The summed E-state index contributed by atoms with van der Waals surface area (Å²) < 4.78 is 11.3. The Balaban J connectivity index is 2.01. The second-order valence-electron chi connectivity index (χ2n) is 8.17. The van der Waals surface area contributed by atoms with Crippen molar-refractivity contribution in [2.24, 2.45) is 5.92 Å². The molecule has 3 atom stereocenters. The molecule has 0 fully saturated rings. The summed E-state index contributed by atoms with van der Waals surface area (Å²) in [6.45, 7) is 7.32. The maximum Gasteiger partial charge on any atom is 0.331 e. The molecular weight excluding hydrogens is 421 g/mol. The first kappa shape index (κ1) is 26.2. The van der Waals surface area contributed by atoms with E-state index in [1.165, 1.54) is 5.56 Å². The number of carbonyl (C=O) groups excluding carboxylic acids is 1. The van der Waals surface area contributed by atoms with Crippen molar-refractivity contribution in [3.63, 3.8) is 0 Å². The molecule has 0 aromatic heterocycles. The Hall–Kier alpha value is -2.04. The molecule has 0 heterocycles. The van der Waals surface area contributed by atoms with E-state index < -0.39 is 25.6 Å². The minimum atomic E-state index is -1.86. The van der Waals surface area contributed by atoms with Gasteiger partial charge in [-0.15, -0.1) is 0 Å². The highest BCUT2D eigenvalue weighted by Crippen LogP contribution is 2.26. The largest absolute Gasteiger partial charge is 0.629 e. The van der Waals surface area contributed by atoms with Gasteiger partial charge in [0.15, 0.2) is 6.04 Å². The molecule has 2 aromatic carbocycles. The van der Waals surface area contributed by atoms with Gasteiger partial charge in [-0.1, -0.05) is 74.5 Å². The van der Waals surface area contributed by atoms with Gasteiger partial charge in [-0.2, -0.15) is 0 Å². The molecule has 0 aliphatic heterocycles. The lowest BCUT2D eigenvalue weighted by molar-refractivity contribution is -0.162. The van der Waals surface area contributed by atoms with Crippen LogP contribution in [0.25, 0.3) is 0 Å². The minimum Gasteiger partial charge on any atom is -0.629 e. The predicted octanol–water partition coefficient (Wildman–Crippen LogP) is 4.29. The summed E-state index contributed by atoms with van der Waals surface area (Å²) >= 11 is 0. The summed E-state index contributed by atoms with van der Waals surface area (Å²) in [7, 11) is -1.86. The Morgan fingerprint density at radius 1 is 1.06 bits per heavy atom. The Labute approximate surface area is 193 Å². The second-order valence-corrected chi connectivity index (χ2v) is 9.76. The Kier molecular flexibility index (Phi) is 12.2. The van der Waals surface area contributed by atoms with E-state index >= 15 is 0 Å². The fourth-order valence-corrected chi connectivity index (χ4v) is 4.67. The number of ether oxygens (including phenoxy) is 2. The van der Waals surface area contributed by atoms with Gasteiger partial charge in [0.1, 0.15) is 12.4 Å². The molecule has 0 aliphatic rings. The molecule has 2 aromatic rings. The quantitative estimate of drug-likeness (QED) is 0.339. The van der Waals surface area contributed by atoms with Crippen molar-refractivity contribution in [1.82, 2.24) is 5.32 Å². The van der Waals surface area contributed by atoms with Gasteiger partial charge in [-0.05, 0) is 43.4 Å². The molecule has 0 spiro atoms. The van der Waals surface area contributed by atoms with Crippen molar-refractivity contribution in [1.29, 1.82) is 0 Å². The molecule has 0 saturated carbocycles. The lowest BCUT2D eigenvalue weighted by Crippen LogP contribution is -2.41. The average Bonchev–Trinajstić information content (AvgIpc) is 2.80. The summed E-state index contributed by atoms with van der Waals surface area (Å²) in [5.41, 5.74) is 2.17. The monoisotopic (exact) mass is 457 g/mol. The first-order valence-corrected chi connectivity index (χ1v) is 12.8. The molecule has 2 rings (SSSR count). The van der Waals surface area contributed by atoms with Crippen LogP contribution in [0.1, 0.15) is 44.7 Å². The highest BCUT2D eigenvalue weighted by atomic mass is 31.1. The molecule has 0 radical (unpaired) electrons. The molecule has 6 heteroatoms. The summed E-state index contributed by atoms with van der Waals surface area (Å²) in [4.78, 5) is 25.9. The van der Waals surface area contributed by atoms with Crippen molar-refractivity contribution in [2.75, 3.05) is 13.2 Å². The Morgan fingerprint density at radius 2 is 1.69 bits per heavy atom. The molecule has 5 nitrogen and oxygen atoms in total. The van der Waals surface area contributed by atoms with Gasteiger partial charge in [-0.25, -0.2) is 4.79 Å². The molecule has 0 saturated heterocycles. The van der Waals surface area contributed by atoms with Crippen molar-refractivity contribution in [2.45, 2.75) is 58.5 Å².